The van der Waals surface area contributed by atoms with E-state index < -0.39 is 6.29 Å². The van der Waals surface area contributed by atoms with Crippen molar-refractivity contribution in [1.82, 2.24) is 25.5 Å². The van der Waals surface area contributed by atoms with Crippen molar-refractivity contribution in [2.24, 2.45) is 0 Å². The third kappa shape index (κ3) is 7.06. The Bertz CT molecular complexity index is 1680. The van der Waals surface area contributed by atoms with Crippen molar-refractivity contribution in [3.05, 3.63) is 125 Å². The number of aliphatic hydroxyl groups is 1. The van der Waals surface area contributed by atoms with Crippen LogP contribution in [0.15, 0.2) is 108 Å². The molecule has 44 heavy (non-hydrogen) atoms. The molecule has 1 saturated heterocycles. The third-order valence-corrected chi connectivity index (χ3v) is 8.55. The predicted molar refractivity (Wildman–Crippen MR) is 168 cm³/mol. The SMILES string of the molecule is CC(=O)NCc1ccccc1-c1ccc([C@@H]2O[C@H](CSc3nnnn3-c3ccccc3)C[C@H](c3ccc(CO)cc3)O2)cc1. The molecule has 1 aliphatic heterocycles. The van der Waals surface area contributed by atoms with Crippen molar-refractivity contribution in [1.29, 1.82) is 0 Å². The number of tetrazole rings is 1. The van der Waals surface area contributed by atoms with Crippen molar-refractivity contribution in [3.8, 4) is 16.8 Å². The van der Waals surface area contributed by atoms with Crippen LogP contribution in [0.2, 0.25) is 0 Å². The number of hydrogen-bond donors (Lipinski definition) is 2. The van der Waals surface area contributed by atoms with Gasteiger partial charge in [0.2, 0.25) is 11.1 Å². The molecule has 10 heteroatoms. The second-order valence-corrected chi connectivity index (χ2v) is 11.5. The summed E-state index contributed by atoms with van der Waals surface area (Å²) < 4.78 is 14.8. The van der Waals surface area contributed by atoms with Crippen LogP contribution >= 0.6 is 11.8 Å². The van der Waals surface area contributed by atoms with Gasteiger partial charge in [0.05, 0.1) is 24.5 Å². The topological polar surface area (TPSA) is 111 Å². The number of carbonyl (C=O) groups excluding carboxylic acids is 1. The lowest BCUT2D eigenvalue weighted by Crippen LogP contribution is -2.31. The van der Waals surface area contributed by atoms with Crippen LogP contribution in [-0.2, 0) is 27.4 Å². The molecule has 1 fully saturated rings. The maximum absolute atomic E-state index is 11.5. The van der Waals surface area contributed by atoms with Crippen LogP contribution in [0.25, 0.3) is 16.8 Å². The Hall–Kier alpha value is -4.35. The third-order valence-electron chi connectivity index (χ3n) is 7.49. The second-order valence-electron chi connectivity index (χ2n) is 10.6. The Kier molecular flexibility index (Phi) is 9.43. The van der Waals surface area contributed by atoms with E-state index in [1.54, 1.807) is 16.4 Å². The van der Waals surface area contributed by atoms with Gasteiger partial charge in [-0.3, -0.25) is 4.79 Å². The van der Waals surface area contributed by atoms with E-state index >= 15 is 0 Å². The summed E-state index contributed by atoms with van der Waals surface area (Å²) in [6.45, 7) is 1.98. The van der Waals surface area contributed by atoms with Crippen LogP contribution < -0.4 is 5.32 Å². The zero-order valence-corrected chi connectivity index (χ0v) is 25.1. The van der Waals surface area contributed by atoms with E-state index in [1.165, 1.54) is 6.92 Å². The van der Waals surface area contributed by atoms with Gasteiger partial charge in [-0.2, -0.15) is 4.68 Å². The summed E-state index contributed by atoms with van der Waals surface area (Å²) in [4.78, 5) is 11.5. The fraction of sp³-hybridized carbons (Fsp3) is 0.235. The number of thioether (sulfide) groups is 1. The molecule has 0 aliphatic carbocycles. The van der Waals surface area contributed by atoms with Gasteiger partial charge in [-0.25, -0.2) is 0 Å². The van der Waals surface area contributed by atoms with Crippen LogP contribution in [0.1, 0.15) is 48.0 Å². The molecule has 0 radical (unpaired) electrons. The lowest BCUT2D eigenvalue weighted by molar-refractivity contribution is -0.245. The molecular weight excluding hydrogens is 574 g/mol. The van der Waals surface area contributed by atoms with Crippen LogP contribution in [0.4, 0.5) is 0 Å². The van der Waals surface area contributed by atoms with E-state index in [0.717, 1.165) is 39.1 Å². The molecular formula is C34H33N5O4S. The van der Waals surface area contributed by atoms with Crippen LogP contribution in [0.3, 0.4) is 0 Å². The zero-order chi connectivity index (χ0) is 30.3. The van der Waals surface area contributed by atoms with Gasteiger partial charge in [0.25, 0.3) is 0 Å². The molecule has 0 spiro atoms. The molecule has 0 unspecified atom stereocenters. The first-order valence-corrected chi connectivity index (χ1v) is 15.5. The molecule has 2 N–H and O–H groups in total. The number of nitrogens with zero attached hydrogens (tertiary/aromatic N) is 4. The lowest BCUT2D eigenvalue weighted by Gasteiger charge is -2.36. The Morgan fingerprint density at radius 2 is 1.66 bits per heavy atom. The van der Waals surface area contributed by atoms with Crippen LogP contribution in [0, 0.1) is 0 Å². The number of aliphatic hydroxyl groups excluding tert-OH is 1. The standard InChI is InChI=1S/C34H33N5O4S/c1-23(41)35-20-28-7-5-6-10-31(28)25-15-17-27(18-16-25)33-42-30(19-32(43-33)26-13-11-24(21-40)12-14-26)22-44-34-36-37-38-39(34)29-8-3-2-4-9-29/h2-18,30,32-33,40H,19-22H2,1H3,(H,35,41)/t30-,32+,33+/m0/s1. The fourth-order valence-electron chi connectivity index (χ4n) is 5.19. The van der Waals surface area contributed by atoms with Gasteiger partial charge in [0, 0.05) is 31.2 Å². The lowest BCUT2D eigenvalue weighted by atomic mass is 9.98. The summed E-state index contributed by atoms with van der Waals surface area (Å²) in [5.74, 6) is 0.568. The second kappa shape index (κ2) is 14.0. The van der Waals surface area contributed by atoms with Gasteiger partial charge in [0.1, 0.15) is 0 Å². The Morgan fingerprint density at radius 1 is 0.932 bits per heavy atom. The van der Waals surface area contributed by atoms with Crippen molar-refractivity contribution >= 4 is 17.7 Å². The summed E-state index contributed by atoms with van der Waals surface area (Å²) in [5.41, 5.74) is 6.84. The quantitative estimate of drug-likeness (QED) is 0.192. The van der Waals surface area contributed by atoms with Crippen LogP contribution in [0.5, 0.6) is 0 Å². The molecule has 0 saturated carbocycles. The number of carbonyl (C=O) groups is 1. The maximum Gasteiger partial charge on any atom is 0.217 e. The summed E-state index contributed by atoms with van der Waals surface area (Å²) >= 11 is 1.55. The van der Waals surface area contributed by atoms with Gasteiger partial charge < -0.3 is 19.9 Å². The highest BCUT2D eigenvalue weighted by Crippen LogP contribution is 2.40. The highest BCUT2D eigenvalue weighted by atomic mass is 32.2. The van der Waals surface area contributed by atoms with E-state index in [4.69, 9.17) is 9.47 Å². The number of para-hydroxylation sites is 1. The largest absolute Gasteiger partial charge is 0.392 e. The first kappa shape index (κ1) is 29.7. The van der Waals surface area contributed by atoms with Gasteiger partial charge >= 0.3 is 0 Å². The highest BCUT2D eigenvalue weighted by molar-refractivity contribution is 7.99. The minimum Gasteiger partial charge on any atom is -0.392 e. The minimum atomic E-state index is -0.578. The number of rotatable bonds is 10. The van der Waals surface area contributed by atoms with Crippen molar-refractivity contribution in [2.45, 2.75) is 50.2 Å². The van der Waals surface area contributed by atoms with E-state index in [1.807, 2.05) is 84.9 Å². The molecule has 6 rings (SSSR count). The Morgan fingerprint density at radius 3 is 2.41 bits per heavy atom. The van der Waals surface area contributed by atoms with Gasteiger partial charge in [0.15, 0.2) is 6.29 Å². The molecule has 5 aromatic rings. The number of benzene rings is 4. The van der Waals surface area contributed by atoms with Crippen LogP contribution in [-0.4, -0.2) is 43.1 Å². The average molecular weight is 608 g/mol. The molecule has 224 valence electrons. The molecule has 2 heterocycles. The molecule has 9 nitrogen and oxygen atoms in total. The molecule has 0 bridgehead atoms. The number of nitrogens with one attached hydrogen (secondary N) is 1. The summed E-state index contributed by atoms with van der Waals surface area (Å²) in [6.07, 6.45) is -0.259. The van der Waals surface area contributed by atoms with E-state index in [0.29, 0.717) is 23.9 Å². The number of hydrogen-bond acceptors (Lipinski definition) is 8. The molecule has 1 amide bonds. The van der Waals surface area contributed by atoms with E-state index in [9.17, 15) is 9.90 Å². The number of ether oxygens (including phenoxy) is 2. The Labute approximate surface area is 260 Å². The van der Waals surface area contributed by atoms with E-state index in [2.05, 4.69) is 39.0 Å². The van der Waals surface area contributed by atoms with Gasteiger partial charge in [-0.15, -0.1) is 5.10 Å². The zero-order valence-electron chi connectivity index (χ0n) is 24.2. The van der Waals surface area contributed by atoms with Crippen molar-refractivity contribution in [2.75, 3.05) is 5.75 Å². The monoisotopic (exact) mass is 607 g/mol. The normalized spacial score (nSPS) is 18.2. The van der Waals surface area contributed by atoms with Gasteiger partial charge in [-0.05, 0) is 50.4 Å². The average Bonchev–Trinajstić information content (AvgIpc) is 3.56. The molecule has 4 aromatic carbocycles. The first-order chi connectivity index (χ1) is 21.6. The van der Waals surface area contributed by atoms with Crippen molar-refractivity contribution in [3.63, 3.8) is 0 Å². The molecule has 3 atom stereocenters. The molecule has 1 aliphatic rings. The first-order valence-electron chi connectivity index (χ1n) is 14.5. The van der Waals surface area contributed by atoms with Gasteiger partial charge in [-0.1, -0.05) is 103 Å². The summed E-state index contributed by atoms with van der Waals surface area (Å²) in [5, 5.41) is 25.4. The smallest absolute Gasteiger partial charge is 0.217 e. The Balaban J connectivity index is 1.22. The van der Waals surface area contributed by atoms with E-state index in [-0.39, 0.29) is 24.7 Å². The van der Waals surface area contributed by atoms with Crippen molar-refractivity contribution < 1.29 is 19.4 Å². The maximum atomic E-state index is 11.5. The fourth-order valence-corrected chi connectivity index (χ4v) is 6.09. The minimum absolute atomic E-state index is 0.00672. The molecule has 1 aromatic heterocycles. The number of amides is 1. The number of aromatic nitrogens is 4. The summed E-state index contributed by atoms with van der Waals surface area (Å²) in [7, 11) is 0. The predicted octanol–water partition coefficient (Wildman–Crippen LogP) is 5.80. The summed E-state index contributed by atoms with van der Waals surface area (Å²) in [6, 6.07) is 33.9. The highest BCUT2D eigenvalue weighted by Gasteiger charge is 2.32.